The lowest BCUT2D eigenvalue weighted by Gasteiger charge is -2.49. The SMILES string of the molecule is CC(=O)C1(C(C)(C)C)CC(C)C=C(C(C)(C)C)O1. The minimum atomic E-state index is -0.691. The Bertz CT molecular complexity index is 366. The van der Waals surface area contributed by atoms with Crippen LogP contribution in [0, 0.1) is 16.7 Å². The first-order chi connectivity index (χ1) is 7.90. The predicted octanol–water partition coefficient (Wildman–Crippen LogP) is 4.35. The van der Waals surface area contributed by atoms with Gasteiger partial charge < -0.3 is 4.74 Å². The van der Waals surface area contributed by atoms with Crippen LogP contribution in [-0.4, -0.2) is 11.4 Å². The minimum Gasteiger partial charge on any atom is -0.483 e. The predicted molar refractivity (Wildman–Crippen MR) is 75.3 cm³/mol. The number of ketones is 1. The first kappa shape index (κ1) is 15.3. The third-order valence-corrected chi connectivity index (χ3v) is 3.85. The molecule has 0 aromatic carbocycles. The van der Waals surface area contributed by atoms with E-state index in [4.69, 9.17) is 4.74 Å². The van der Waals surface area contributed by atoms with E-state index in [0.717, 1.165) is 12.2 Å². The summed E-state index contributed by atoms with van der Waals surface area (Å²) in [5.41, 5.74) is -0.942. The smallest absolute Gasteiger partial charge is 0.173 e. The second-order valence-corrected chi connectivity index (χ2v) is 7.70. The molecule has 0 amide bonds. The summed E-state index contributed by atoms with van der Waals surface area (Å²) in [5.74, 6) is 1.46. The Labute approximate surface area is 112 Å². The lowest BCUT2D eigenvalue weighted by Crippen LogP contribution is -2.54. The van der Waals surface area contributed by atoms with Gasteiger partial charge >= 0.3 is 0 Å². The van der Waals surface area contributed by atoms with Crippen molar-refractivity contribution in [1.29, 1.82) is 0 Å². The monoisotopic (exact) mass is 252 g/mol. The summed E-state index contributed by atoms with van der Waals surface area (Å²) >= 11 is 0. The summed E-state index contributed by atoms with van der Waals surface area (Å²) in [6.45, 7) is 16.5. The molecule has 0 saturated carbocycles. The lowest BCUT2D eigenvalue weighted by atomic mass is 9.67. The fourth-order valence-electron chi connectivity index (χ4n) is 2.64. The highest BCUT2D eigenvalue weighted by Gasteiger charge is 2.52. The van der Waals surface area contributed by atoms with Crippen LogP contribution in [0.1, 0.15) is 61.8 Å². The number of rotatable bonds is 1. The Morgan fingerprint density at radius 2 is 1.78 bits per heavy atom. The van der Waals surface area contributed by atoms with Crippen LogP contribution < -0.4 is 0 Å². The van der Waals surface area contributed by atoms with Crippen molar-refractivity contribution in [3.8, 4) is 0 Å². The van der Waals surface area contributed by atoms with Crippen molar-refractivity contribution in [2.75, 3.05) is 0 Å². The molecule has 1 aliphatic rings. The Hall–Kier alpha value is -0.790. The summed E-state index contributed by atoms with van der Waals surface area (Å²) in [4.78, 5) is 12.2. The Balaban J connectivity index is 3.27. The number of carbonyl (C=O) groups is 1. The highest BCUT2D eigenvalue weighted by atomic mass is 16.5. The summed E-state index contributed by atoms with van der Waals surface area (Å²) in [6.07, 6.45) is 2.94. The van der Waals surface area contributed by atoms with Crippen molar-refractivity contribution < 1.29 is 9.53 Å². The first-order valence-corrected chi connectivity index (χ1v) is 6.82. The third-order valence-electron chi connectivity index (χ3n) is 3.85. The van der Waals surface area contributed by atoms with E-state index in [1.165, 1.54) is 0 Å². The number of hydrogen-bond acceptors (Lipinski definition) is 2. The third kappa shape index (κ3) is 2.62. The second kappa shape index (κ2) is 4.40. The maximum absolute atomic E-state index is 12.2. The number of ether oxygens (including phenoxy) is 1. The van der Waals surface area contributed by atoms with E-state index in [1.807, 2.05) is 0 Å². The Morgan fingerprint density at radius 1 is 1.28 bits per heavy atom. The molecule has 2 heteroatoms. The van der Waals surface area contributed by atoms with E-state index in [9.17, 15) is 4.79 Å². The number of allylic oxidation sites excluding steroid dienone is 2. The van der Waals surface area contributed by atoms with Gasteiger partial charge in [-0.2, -0.15) is 0 Å². The maximum Gasteiger partial charge on any atom is 0.173 e. The van der Waals surface area contributed by atoms with Gasteiger partial charge in [0.2, 0.25) is 0 Å². The van der Waals surface area contributed by atoms with Crippen molar-refractivity contribution in [2.24, 2.45) is 16.7 Å². The lowest BCUT2D eigenvalue weighted by molar-refractivity contribution is -0.161. The number of hydrogen-bond donors (Lipinski definition) is 0. The molecule has 2 unspecified atom stereocenters. The fourth-order valence-corrected chi connectivity index (χ4v) is 2.64. The van der Waals surface area contributed by atoms with Crippen molar-refractivity contribution >= 4 is 5.78 Å². The molecule has 2 atom stereocenters. The summed E-state index contributed by atoms with van der Waals surface area (Å²) in [7, 11) is 0. The quantitative estimate of drug-likeness (QED) is 0.693. The molecule has 0 spiro atoms. The molecule has 104 valence electrons. The topological polar surface area (TPSA) is 26.3 Å². The van der Waals surface area contributed by atoms with Crippen LogP contribution in [0.25, 0.3) is 0 Å². The van der Waals surface area contributed by atoms with Crippen LogP contribution >= 0.6 is 0 Å². The molecular formula is C16H28O2. The van der Waals surface area contributed by atoms with Gasteiger partial charge in [0.25, 0.3) is 0 Å². The van der Waals surface area contributed by atoms with Crippen molar-refractivity contribution in [3.63, 3.8) is 0 Å². The van der Waals surface area contributed by atoms with E-state index >= 15 is 0 Å². The summed E-state index contributed by atoms with van der Waals surface area (Å²) in [5, 5.41) is 0. The van der Waals surface area contributed by atoms with Crippen LogP contribution in [0.15, 0.2) is 11.8 Å². The van der Waals surface area contributed by atoms with Gasteiger partial charge in [-0.1, -0.05) is 48.5 Å². The van der Waals surface area contributed by atoms with E-state index in [1.54, 1.807) is 6.92 Å². The molecule has 0 saturated heterocycles. The number of Topliss-reactive ketones (excluding diaryl/α,β-unsaturated/α-hetero) is 1. The molecular weight excluding hydrogens is 224 g/mol. The van der Waals surface area contributed by atoms with Gasteiger partial charge in [0.1, 0.15) is 0 Å². The zero-order chi connectivity index (χ0) is 14.4. The maximum atomic E-state index is 12.2. The molecule has 0 aliphatic carbocycles. The van der Waals surface area contributed by atoms with Crippen LogP contribution in [0.3, 0.4) is 0 Å². The molecule has 0 bridgehead atoms. The van der Waals surface area contributed by atoms with E-state index in [2.05, 4.69) is 54.5 Å². The molecule has 0 aromatic rings. The van der Waals surface area contributed by atoms with Crippen LogP contribution in [0.2, 0.25) is 0 Å². The van der Waals surface area contributed by atoms with Crippen LogP contribution in [0.4, 0.5) is 0 Å². The second-order valence-electron chi connectivity index (χ2n) is 7.70. The zero-order valence-corrected chi connectivity index (χ0v) is 13.2. The average Bonchev–Trinajstić information content (AvgIpc) is 2.13. The minimum absolute atomic E-state index is 0.0549. The van der Waals surface area contributed by atoms with Gasteiger partial charge in [-0.15, -0.1) is 0 Å². The highest BCUT2D eigenvalue weighted by Crippen LogP contribution is 2.47. The van der Waals surface area contributed by atoms with Gasteiger partial charge in [-0.3, -0.25) is 4.79 Å². The molecule has 18 heavy (non-hydrogen) atoms. The summed E-state index contributed by atoms with van der Waals surface area (Å²) < 4.78 is 6.25. The number of carbonyl (C=O) groups excluding carboxylic acids is 1. The molecule has 1 rings (SSSR count). The highest BCUT2D eigenvalue weighted by molar-refractivity contribution is 5.86. The van der Waals surface area contributed by atoms with E-state index in [-0.39, 0.29) is 16.6 Å². The van der Waals surface area contributed by atoms with Crippen molar-refractivity contribution in [1.82, 2.24) is 0 Å². The largest absolute Gasteiger partial charge is 0.483 e. The Kier molecular flexibility index (Phi) is 3.73. The van der Waals surface area contributed by atoms with Crippen LogP contribution in [0.5, 0.6) is 0 Å². The van der Waals surface area contributed by atoms with Crippen molar-refractivity contribution in [3.05, 3.63) is 11.8 Å². The molecule has 0 aromatic heterocycles. The molecule has 2 nitrogen and oxygen atoms in total. The van der Waals surface area contributed by atoms with E-state index in [0.29, 0.717) is 5.92 Å². The zero-order valence-electron chi connectivity index (χ0n) is 13.2. The first-order valence-electron chi connectivity index (χ1n) is 6.82. The standard InChI is InChI=1S/C16H28O2/c1-11-9-13(14(3,4)5)18-16(10-11,12(2)17)15(6,7)8/h9,11H,10H2,1-8H3. The molecule has 1 aliphatic heterocycles. The molecule has 0 N–H and O–H groups in total. The summed E-state index contributed by atoms with van der Waals surface area (Å²) in [6, 6.07) is 0. The van der Waals surface area contributed by atoms with Gasteiger partial charge in [0.15, 0.2) is 11.4 Å². The van der Waals surface area contributed by atoms with Gasteiger partial charge in [-0.25, -0.2) is 0 Å². The average molecular weight is 252 g/mol. The molecule has 1 heterocycles. The van der Waals surface area contributed by atoms with Crippen molar-refractivity contribution in [2.45, 2.75) is 67.4 Å². The molecule has 0 fully saturated rings. The van der Waals surface area contributed by atoms with Crippen LogP contribution in [-0.2, 0) is 9.53 Å². The van der Waals surface area contributed by atoms with Gasteiger partial charge in [0.05, 0.1) is 5.76 Å². The molecule has 0 radical (unpaired) electrons. The van der Waals surface area contributed by atoms with Gasteiger partial charge in [-0.05, 0) is 18.9 Å². The fraction of sp³-hybridized carbons (Fsp3) is 0.812. The Morgan fingerprint density at radius 3 is 2.11 bits per heavy atom. The normalized spacial score (nSPS) is 29.6. The van der Waals surface area contributed by atoms with E-state index < -0.39 is 5.60 Å². The van der Waals surface area contributed by atoms with Gasteiger partial charge in [0, 0.05) is 17.3 Å².